The minimum atomic E-state index is -1.12. The lowest BCUT2D eigenvalue weighted by molar-refractivity contribution is 0.0786. The van der Waals surface area contributed by atoms with Crippen molar-refractivity contribution in [2.24, 2.45) is 13.0 Å². The summed E-state index contributed by atoms with van der Waals surface area (Å²) < 4.78 is 28.1. The number of halogens is 1. The van der Waals surface area contributed by atoms with Crippen molar-refractivity contribution < 1.29 is 19.0 Å². The van der Waals surface area contributed by atoms with Gasteiger partial charge in [0.15, 0.2) is 0 Å². The Morgan fingerprint density at radius 1 is 1.03 bits per heavy atom. The zero-order chi connectivity index (χ0) is 26.9. The number of aliphatic hydroxyl groups is 1. The van der Waals surface area contributed by atoms with Crippen LogP contribution in [-0.2, 0) is 12.6 Å². The van der Waals surface area contributed by atoms with Crippen LogP contribution in [0.3, 0.4) is 0 Å². The lowest BCUT2D eigenvalue weighted by Gasteiger charge is -2.27. The van der Waals surface area contributed by atoms with Crippen LogP contribution < -0.4 is 15.0 Å². The van der Waals surface area contributed by atoms with Gasteiger partial charge in [0.05, 0.1) is 17.8 Å². The first kappa shape index (κ1) is 26.4. The van der Waals surface area contributed by atoms with Crippen LogP contribution in [-0.4, -0.2) is 15.8 Å². The van der Waals surface area contributed by atoms with Crippen LogP contribution in [0.25, 0.3) is 11.1 Å². The van der Waals surface area contributed by atoms with Crippen molar-refractivity contribution in [1.82, 2.24) is 4.57 Å². The fourth-order valence-corrected chi connectivity index (χ4v) is 4.78. The summed E-state index contributed by atoms with van der Waals surface area (Å²) in [6.07, 6.45) is 4.57. The van der Waals surface area contributed by atoms with Gasteiger partial charge in [-0.25, -0.2) is 4.39 Å². The maximum Gasteiger partial charge on any atom is 0.254 e. The van der Waals surface area contributed by atoms with Gasteiger partial charge in [0.2, 0.25) is 0 Å². The molecular weight excluding hydrogens is 471 g/mol. The summed E-state index contributed by atoms with van der Waals surface area (Å²) in [5, 5.41) is 20.0. The monoisotopic (exact) mass is 504 g/mol. The molecule has 1 aromatic heterocycles. The third-order valence-electron chi connectivity index (χ3n) is 6.95. The molecule has 0 amide bonds. The number of hydrogen-bond acceptors (Lipinski definition) is 5. The Balaban J connectivity index is 1.83. The van der Waals surface area contributed by atoms with Gasteiger partial charge in [0.1, 0.15) is 23.1 Å². The molecule has 1 heterocycles. The summed E-state index contributed by atoms with van der Waals surface area (Å²) >= 11 is 0. The lowest BCUT2D eigenvalue weighted by atomic mass is 9.88. The van der Waals surface area contributed by atoms with Crippen molar-refractivity contribution in [2.45, 2.75) is 65.1 Å². The van der Waals surface area contributed by atoms with Crippen molar-refractivity contribution in [3.63, 3.8) is 0 Å². The van der Waals surface area contributed by atoms with Gasteiger partial charge in [-0.1, -0.05) is 6.07 Å². The Bertz CT molecular complexity index is 1380. The highest BCUT2D eigenvalue weighted by molar-refractivity contribution is 5.76. The van der Waals surface area contributed by atoms with Crippen LogP contribution in [0.1, 0.15) is 56.2 Å². The van der Waals surface area contributed by atoms with E-state index in [1.165, 1.54) is 22.8 Å². The van der Waals surface area contributed by atoms with E-state index in [9.17, 15) is 19.6 Å². The van der Waals surface area contributed by atoms with E-state index in [1.807, 2.05) is 6.07 Å². The zero-order valence-corrected chi connectivity index (χ0v) is 22.0. The molecule has 6 nitrogen and oxygen atoms in total. The smallest absolute Gasteiger partial charge is 0.254 e. The molecule has 0 atom stereocenters. The molecule has 1 aliphatic rings. The molecule has 2 aromatic carbocycles. The van der Waals surface area contributed by atoms with Crippen LogP contribution in [0.5, 0.6) is 17.2 Å². The second-order valence-electron chi connectivity index (χ2n) is 10.5. The summed E-state index contributed by atoms with van der Waals surface area (Å²) in [7, 11) is 1.67. The number of rotatable bonds is 6. The molecule has 0 aliphatic heterocycles. The number of aryl methyl sites for hydroxylation is 3. The van der Waals surface area contributed by atoms with Gasteiger partial charge in [-0.2, -0.15) is 5.26 Å². The normalized spacial score (nSPS) is 17.8. The van der Waals surface area contributed by atoms with E-state index in [2.05, 4.69) is 6.07 Å². The highest BCUT2D eigenvalue weighted by atomic mass is 19.1. The predicted molar refractivity (Wildman–Crippen MR) is 140 cm³/mol. The molecule has 0 unspecified atom stereocenters. The minimum absolute atomic E-state index is 0.0358. The molecule has 0 spiro atoms. The van der Waals surface area contributed by atoms with Crippen LogP contribution in [0, 0.1) is 36.9 Å². The second-order valence-corrected chi connectivity index (χ2v) is 10.5. The van der Waals surface area contributed by atoms with Crippen molar-refractivity contribution in [2.75, 3.05) is 0 Å². The van der Waals surface area contributed by atoms with Crippen LogP contribution >= 0.6 is 0 Å². The maximum atomic E-state index is 13.9. The van der Waals surface area contributed by atoms with E-state index in [1.54, 1.807) is 53.1 Å². The molecule has 1 aliphatic carbocycles. The first-order chi connectivity index (χ1) is 17.5. The van der Waals surface area contributed by atoms with Crippen molar-refractivity contribution >= 4 is 0 Å². The minimum Gasteiger partial charge on any atom is -0.490 e. The fraction of sp³-hybridized carbons (Fsp3) is 0.400. The Morgan fingerprint density at radius 2 is 1.68 bits per heavy atom. The first-order valence-electron chi connectivity index (χ1n) is 12.5. The van der Waals surface area contributed by atoms with Gasteiger partial charge in [-0.05, 0) is 94.3 Å². The number of pyridine rings is 1. The van der Waals surface area contributed by atoms with Crippen LogP contribution in [0.15, 0.2) is 47.4 Å². The maximum absolute atomic E-state index is 13.9. The highest BCUT2D eigenvalue weighted by Gasteiger charge is 2.26. The molecule has 3 aromatic rings. The second kappa shape index (κ2) is 10.4. The molecule has 0 bridgehead atoms. The SMILES string of the molecule is Cc1cc(F)cc(C)c1Oc1ccc(C(C)(C)O)cc1-c1cn(C)c(=O)cc1O[C@H]1CC[C@H](C#N)CC1. The van der Waals surface area contributed by atoms with Gasteiger partial charge in [0.25, 0.3) is 5.56 Å². The van der Waals surface area contributed by atoms with E-state index in [0.717, 1.165) is 25.7 Å². The quantitative estimate of drug-likeness (QED) is 0.427. The third kappa shape index (κ3) is 5.86. The standard InChI is InChI=1S/C30H33FN2O4/c1-18-12-22(31)13-19(2)29(18)37-26-11-8-21(30(3,4)35)14-24(26)25-17-33(5)28(34)15-27(25)36-23-9-6-20(16-32)7-10-23/h8,11-15,17,20,23,35H,6-7,9-10H2,1-5H3/t20-,23-. The van der Waals surface area contributed by atoms with Gasteiger partial charge < -0.3 is 19.1 Å². The van der Waals surface area contributed by atoms with E-state index >= 15 is 0 Å². The summed E-state index contributed by atoms with van der Waals surface area (Å²) in [6, 6.07) is 12.1. The topological polar surface area (TPSA) is 84.5 Å². The van der Waals surface area contributed by atoms with Crippen molar-refractivity contribution in [1.29, 1.82) is 5.26 Å². The van der Waals surface area contributed by atoms with Crippen LogP contribution in [0.2, 0.25) is 0 Å². The number of benzene rings is 2. The predicted octanol–water partition coefficient (Wildman–Crippen LogP) is 6.29. The summed E-state index contributed by atoms with van der Waals surface area (Å²) in [5.74, 6) is 1.16. The molecule has 37 heavy (non-hydrogen) atoms. The van der Waals surface area contributed by atoms with Gasteiger partial charge >= 0.3 is 0 Å². The van der Waals surface area contributed by atoms with E-state index < -0.39 is 5.60 Å². The molecule has 1 saturated carbocycles. The molecule has 1 N–H and O–H groups in total. The van der Waals surface area contributed by atoms with Crippen LogP contribution in [0.4, 0.5) is 4.39 Å². The van der Waals surface area contributed by atoms with E-state index in [4.69, 9.17) is 9.47 Å². The average molecular weight is 505 g/mol. The Morgan fingerprint density at radius 3 is 2.27 bits per heavy atom. The van der Waals surface area contributed by atoms with E-state index in [0.29, 0.717) is 45.1 Å². The summed E-state index contributed by atoms with van der Waals surface area (Å²) in [4.78, 5) is 12.6. The number of hydrogen-bond donors (Lipinski definition) is 1. The van der Waals surface area contributed by atoms with Crippen molar-refractivity contribution in [3.05, 3.63) is 75.5 Å². The number of nitriles is 1. The van der Waals surface area contributed by atoms with Gasteiger partial charge in [0, 0.05) is 36.4 Å². The molecule has 7 heteroatoms. The third-order valence-corrected chi connectivity index (χ3v) is 6.95. The molecular formula is C30H33FN2O4. The van der Waals surface area contributed by atoms with Crippen molar-refractivity contribution in [3.8, 4) is 34.4 Å². The van der Waals surface area contributed by atoms with E-state index in [-0.39, 0.29) is 23.4 Å². The molecule has 0 radical (unpaired) electrons. The molecule has 0 saturated heterocycles. The first-order valence-corrected chi connectivity index (χ1v) is 12.5. The number of aromatic nitrogens is 1. The fourth-order valence-electron chi connectivity index (χ4n) is 4.78. The van der Waals surface area contributed by atoms with Gasteiger partial charge in [-0.15, -0.1) is 0 Å². The molecule has 194 valence electrons. The number of nitrogens with zero attached hydrogens (tertiary/aromatic N) is 2. The Kier molecular flexibility index (Phi) is 7.42. The lowest BCUT2D eigenvalue weighted by Crippen LogP contribution is -2.25. The Labute approximate surface area is 216 Å². The largest absolute Gasteiger partial charge is 0.490 e. The molecule has 1 fully saturated rings. The summed E-state index contributed by atoms with van der Waals surface area (Å²) in [5.41, 5.74) is 1.92. The summed E-state index contributed by atoms with van der Waals surface area (Å²) in [6.45, 7) is 6.97. The highest BCUT2D eigenvalue weighted by Crippen LogP contribution is 2.42. The Hall–Kier alpha value is -3.63. The zero-order valence-electron chi connectivity index (χ0n) is 22.0. The average Bonchev–Trinajstić information content (AvgIpc) is 2.83. The molecule has 4 rings (SSSR count). The number of ether oxygens (including phenoxy) is 2. The van der Waals surface area contributed by atoms with Gasteiger partial charge in [-0.3, -0.25) is 4.79 Å².